The maximum Gasteiger partial charge on any atom is 0.227 e. The van der Waals surface area contributed by atoms with Crippen molar-refractivity contribution in [3.05, 3.63) is 12.1 Å². The molecule has 0 bridgehead atoms. The smallest absolute Gasteiger partial charge is 0.227 e. The van der Waals surface area contributed by atoms with E-state index >= 15 is 0 Å². The molecule has 0 atom stereocenters. The van der Waals surface area contributed by atoms with Crippen LogP contribution in [0.1, 0.15) is 18.7 Å². The van der Waals surface area contributed by atoms with Crippen LogP contribution in [0.25, 0.3) is 11.5 Å². The number of aryl methyl sites for hydroxylation is 1. The monoisotopic (exact) mass is 204 g/mol. The van der Waals surface area contributed by atoms with Crippen molar-refractivity contribution in [3.8, 4) is 17.6 Å². The molecule has 0 radical (unpaired) electrons. The summed E-state index contributed by atoms with van der Waals surface area (Å²) >= 11 is 0. The number of unbranched alkanes of at least 4 members (excludes halogenated alkanes) is 1. The van der Waals surface area contributed by atoms with Crippen molar-refractivity contribution >= 4 is 0 Å². The van der Waals surface area contributed by atoms with Crippen LogP contribution < -0.4 is 0 Å². The van der Waals surface area contributed by atoms with Gasteiger partial charge >= 0.3 is 0 Å². The first kappa shape index (κ1) is 9.33. The summed E-state index contributed by atoms with van der Waals surface area (Å²) < 4.78 is 4.98. The Bertz CT molecular complexity index is 454. The highest BCUT2D eigenvalue weighted by molar-refractivity contribution is 5.44. The topological polar surface area (TPSA) is 104 Å². The van der Waals surface area contributed by atoms with Gasteiger partial charge in [0, 0.05) is 12.8 Å². The lowest BCUT2D eigenvalue weighted by atomic mass is 10.2. The second kappa shape index (κ2) is 4.32. The van der Waals surface area contributed by atoms with Gasteiger partial charge in [-0.1, -0.05) is 5.16 Å². The van der Waals surface area contributed by atoms with Gasteiger partial charge in [-0.15, -0.1) is 0 Å². The normalized spacial score (nSPS) is 10.1. The predicted molar refractivity (Wildman–Crippen MR) is 48.2 cm³/mol. The molecule has 1 N–H and O–H groups in total. The lowest BCUT2D eigenvalue weighted by Gasteiger charge is -1.86. The number of aromatic nitrogens is 5. The molecule has 2 aromatic rings. The zero-order valence-electron chi connectivity index (χ0n) is 7.84. The Morgan fingerprint density at radius 1 is 1.53 bits per heavy atom. The maximum absolute atomic E-state index is 8.36. The fraction of sp³-hybridized carbons (Fsp3) is 0.375. The summed E-state index contributed by atoms with van der Waals surface area (Å²) in [5.74, 6) is 0.930. The van der Waals surface area contributed by atoms with E-state index in [-0.39, 0.29) is 0 Å². The molecule has 2 heterocycles. The number of nitrogens with zero attached hydrogens (tertiary/aromatic N) is 5. The van der Waals surface area contributed by atoms with Crippen LogP contribution in [-0.2, 0) is 6.42 Å². The molecule has 2 aromatic heterocycles. The van der Waals surface area contributed by atoms with Crippen LogP contribution in [0.5, 0.6) is 0 Å². The number of nitriles is 1. The Labute approximate surface area is 85.1 Å². The van der Waals surface area contributed by atoms with Crippen molar-refractivity contribution in [2.75, 3.05) is 0 Å². The Hall–Kier alpha value is -2.23. The second-order valence-electron chi connectivity index (χ2n) is 2.88. The van der Waals surface area contributed by atoms with Gasteiger partial charge in [-0.2, -0.15) is 25.7 Å². The first-order valence-electron chi connectivity index (χ1n) is 4.46. The van der Waals surface area contributed by atoms with Crippen LogP contribution in [0.3, 0.4) is 0 Å². The molecule has 2 rings (SSSR count). The van der Waals surface area contributed by atoms with Gasteiger partial charge in [-0.05, 0) is 6.42 Å². The molecule has 0 aliphatic carbocycles. The fourth-order valence-electron chi connectivity index (χ4n) is 1.09. The van der Waals surface area contributed by atoms with Gasteiger partial charge in [-0.25, -0.2) is 0 Å². The summed E-state index contributed by atoms with van der Waals surface area (Å²) in [6, 6.07) is 2.06. The van der Waals surface area contributed by atoms with Gasteiger partial charge in [0.05, 0.1) is 12.3 Å². The zero-order chi connectivity index (χ0) is 10.5. The van der Waals surface area contributed by atoms with Crippen LogP contribution in [0.4, 0.5) is 0 Å². The summed E-state index contributed by atoms with van der Waals surface area (Å²) in [7, 11) is 0. The average molecular weight is 204 g/mol. The zero-order valence-corrected chi connectivity index (χ0v) is 7.84. The van der Waals surface area contributed by atoms with E-state index in [1.54, 1.807) is 0 Å². The first-order valence-corrected chi connectivity index (χ1v) is 4.46. The van der Waals surface area contributed by atoms with E-state index in [0.29, 0.717) is 30.3 Å². The summed E-state index contributed by atoms with van der Waals surface area (Å²) in [6.07, 6.45) is 3.33. The van der Waals surface area contributed by atoms with Crippen molar-refractivity contribution in [1.29, 1.82) is 5.26 Å². The van der Waals surface area contributed by atoms with Crippen LogP contribution >= 0.6 is 0 Å². The Morgan fingerprint density at radius 2 is 2.47 bits per heavy atom. The van der Waals surface area contributed by atoms with Crippen LogP contribution in [0, 0.1) is 11.3 Å². The molecule has 0 aliphatic heterocycles. The number of aromatic amines is 1. The third-order valence-corrected chi connectivity index (χ3v) is 1.79. The van der Waals surface area contributed by atoms with Crippen molar-refractivity contribution < 1.29 is 4.52 Å². The molecule has 0 unspecified atom stereocenters. The maximum atomic E-state index is 8.36. The van der Waals surface area contributed by atoms with Gasteiger partial charge < -0.3 is 4.52 Å². The molecule has 0 saturated carbocycles. The van der Waals surface area contributed by atoms with E-state index in [1.807, 2.05) is 0 Å². The van der Waals surface area contributed by atoms with Gasteiger partial charge in [0.1, 0.15) is 0 Å². The number of rotatable bonds is 4. The molecule has 0 aliphatic rings. The summed E-state index contributed by atoms with van der Waals surface area (Å²) in [4.78, 5) is 4.11. The minimum Gasteiger partial charge on any atom is -0.339 e. The number of hydrogen-bond acceptors (Lipinski definition) is 6. The molecule has 0 spiro atoms. The van der Waals surface area contributed by atoms with Crippen molar-refractivity contribution in [2.24, 2.45) is 0 Å². The second-order valence-corrected chi connectivity index (χ2v) is 2.88. The van der Waals surface area contributed by atoms with E-state index in [1.165, 1.54) is 6.20 Å². The Balaban J connectivity index is 2.02. The first-order chi connectivity index (χ1) is 7.40. The van der Waals surface area contributed by atoms with Crippen molar-refractivity contribution in [2.45, 2.75) is 19.3 Å². The fourth-order valence-corrected chi connectivity index (χ4v) is 1.09. The molecule has 15 heavy (non-hydrogen) atoms. The molecular formula is C8H8N6O. The molecule has 0 amide bonds. The quantitative estimate of drug-likeness (QED) is 0.735. The molecule has 7 heteroatoms. The highest BCUT2D eigenvalue weighted by Crippen LogP contribution is 2.11. The number of H-pyrrole nitrogens is 1. The van der Waals surface area contributed by atoms with E-state index in [9.17, 15) is 0 Å². The summed E-state index contributed by atoms with van der Waals surface area (Å²) in [5, 5.41) is 22.0. The minimum absolute atomic E-state index is 0.413. The van der Waals surface area contributed by atoms with Crippen LogP contribution in [0.15, 0.2) is 10.7 Å². The Morgan fingerprint density at radius 3 is 3.20 bits per heavy atom. The van der Waals surface area contributed by atoms with Gasteiger partial charge in [0.2, 0.25) is 11.7 Å². The molecule has 0 fully saturated rings. The molecule has 0 aromatic carbocycles. The van der Waals surface area contributed by atoms with E-state index in [0.717, 1.165) is 6.42 Å². The SMILES string of the molecule is N#CCCCc1nc(-c2cn[nH]n2)no1. The molecule has 0 saturated heterocycles. The van der Waals surface area contributed by atoms with Crippen LogP contribution in [0.2, 0.25) is 0 Å². The van der Waals surface area contributed by atoms with Gasteiger partial charge in [-0.3, -0.25) is 0 Å². The van der Waals surface area contributed by atoms with Crippen molar-refractivity contribution in [3.63, 3.8) is 0 Å². The third-order valence-electron chi connectivity index (χ3n) is 1.79. The van der Waals surface area contributed by atoms with E-state index in [2.05, 4.69) is 31.6 Å². The van der Waals surface area contributed by atoms with Crippen LogP contribution in [-0.4, -0.2) is 25.6 Å². The molecule has 7 nitrogen and oxygen atoms in total. The minimum atomic E-state index is 0.413. The van der Waals surface area contributed by atoms with Gasteiger partial charge in [0.25, 0.3) is 0 Å². The summed E-state index contributed by atoms with van der Waals surface area (Å²) in [6.45, 7) is 0. The molecule has 76 valence electrons. The van der Waals surface area contributed by atoms with Crippen molar-refractivity contribution in [1.82, 2.24) is 25.6 Å². The highest BCUT2D eigenvalue weighted by atomic mass is 16.5. The summed E-state index contributed by atoms with van der Waals surface area (Å²) in [5.41, 5.74) is 0.547. The lowest BCUT2D eigenvalue weighted by Crippen LogP contribution is -1.85. The Kier molecular flexibility index (Phi) is 2.69. The average Bonchev–Trinajstić information content (AvgIpc) is 2.87. The largest absolute Gasteiger partial charge is 0.339 e. The highest BCUT2D eigenvalue weighted by Gasteiger charge is 2.09. The van der Waals surface area contributed by atoms with E-state index in [4.69, 9.17) is 9.78 Å². The van der Waals surface area contributed by atoms with Gasteiger partial charge in [0.15, 0.2) is 5.69 Å². The number of hydrogen-bond donors (Lipinski definition) is 1. The molecular weight excluding hydrogens is 196 g/mol. The van der Waals surface area contributed by atoms with E-state index < -0.39 is 0 Å². The standard InChI is InChI=1S/C8H8N6O/c9-4-2-1-3-7-11-8(13-15-7)6-5-10-14-12-6/h5H,1-3H2,(H,10,12,14). The lowest BCUT2D eigenvalue weighted by molar-refractivity contribution is 0.376. The third kappa shape index (κ3) is 2.17. The number of nitrogens with one attached hydrogen (secondary N) is 1. The predicted octanol–water partition coefficient (Wildman–Crippen LogP) is 0.701.